The molecule has 7 aromatic rings. The molecule has 35 heavy (non-hydrogen) atoms. The molecule has 1 heteroatoms. The van der Waals surface area contributed by atoms with Gasteiger partial charge in [-0.2, -0.15) is 0 Å². The van der Waals surface area contributed by atoms with Gasteiger partial charge in [-0.25, -0.2) is 0 Å². The van der Waals surface area contributed by atoms with Crippen LogP contribution in [0.4, 0.5) is 0 Å². The molecule has 0 atom stereocenters. The highest BCUT2D eigenvalue weighted by atomic mass is 15.0. The Hall–Kier alpha value is -4.62. The predicted molar refractivity (Wildman–Crippen MR) is 149 cm³/mol. The van der Waals surface area contributed by atoms with Crippen LogP contribution in [-0.4, -0.2) is 4.57 Å². The van der Waals surface area contributed by atoms with Gasteiger partial charge in [0, 0.05) is 21.9 Å². The maximum atomic E-state index is 2.46. The molecule has 0 bridgehead atoms. The molecule has 0 saturated heterocycles. The number of nitrogens with zero attached hydrogens (tertiary/aromatic N) is 1. The van der Waals surface area contributed by atoms with E-state index in [-0.39, 0.29) is 0 Å². The Morgan fingerprint density at radius 3 is 1.66 bits per heavy atom. The second kappa shape index (κ2) is 8.00. The SMILES string of the molecule is c1ccc(-c2cccc(-c3ccc4ccccc4c3)c2-n2c3ccccc3c3ccccc32)cc1. The van der Waals surface area contributed by atoms with Gasteiger partial charge in [0.25, 0.3) is 0 Å². The van der Waals surface area contributed by atoms with Crippen LogP contribution in [0.3, 0.4) is 0 Å². The summed E-state index contributed by atoms with van der Waals surface area (Å²) in [6.07, 6.45) is 0. The highest BCUT2D eigenvalue weighted by Gasteiger charge is 2.19. The lowest BCUT2D eigenvalue weighted by molar-refractivity contribution is 1.18. The van der Waals surface area contributed by atoms with Crippen LogP contribution in [0.1, 0.15) is 0 Å². The molecule has 164 valence electrons. The minimum absolute atomic E-state index is 1.21. The number of hydrogen-bond acceptors (Lipinski definition) is 0. The first-order chi connectivity index (χ1) is 17.4. The summed E-state index contributed by atoms with van der Waals surface area (Å²) in [5.41, 5.74) is 8.54. The van der Waals surface area contributed by atoms with E-state index in [4.69, 9.17) is 0 Å². The maximum Gasteiger partial charge on any atom is 0.0618 e. The number of para-hydroxylation sites is 3. The average molecular weight is 446 g/mol. The van der Waals surface area contributed by atoms with Crippen molar-refractivity contribution in [3.05, 3.63) is 140 Å². The molecular formula is C34H23N. The lowest BCUT2D eigenvalue weighted by atomic mass is 9.94. The maximum absolute atomic E-state index is 2.46. The summed E-state index contributed by atoms with van der Waals surface area (Å²) in [5, 5.41) is 5.06. The topological polar surface area (TPSA) is 4.93 Å². The number of aromatic nitrogens is 1. The molecule has 6 aromatic carbocycles. The molecule has 0 saturated carbocycles. The standard InChI is InChI=1S/C34H23N/c1-2-12-25(13-3-1)28-17-10-18-29(27-22-21-24-11-4-5-14-26(24)23-27)34(28)35-32-19-8-6-15-30(32)31-16-7-9-20-33(31)35/h1-23H. The molecular weight excluding hydrogens is 422 g/mol. The smallest absolute Gasteiger partial charge is 0.0618 e. The van der Waals surface area contributed by atoms with E-state index in [1.165, 1.54) is 60.5 Å². The van der Waals surface area contributed by atoms with Crippen LogP contribution >= 0.6 is 0 Å². The van der Waals surface area contributed by atoms with Gasteiger partial charge in [-0.05, 0) is 40.1 Å². The molecule has 0 aliphatic rings. The minimum Gasteiger partial charge on any atom is -0.308 e. The summed E-state index contributed by atoms with van der Waals surface area (Å²) in [4.78, 5) is 0. The molecule has 7 rings (SSSR count). The fourth-order valence-corrected chi connectivity index (χ4v) is 5.39. The van der Waals surface area contributed by atoms with Crippen molar-refractivity contribution in [1.29, 1.82) is 0 Å². The van der Waals surface area contributed by atoms with Crippen LogP contribution in [0.2, 0.25) is 0 Å². The summed E-state index contributed by atoms with van der Waals surface area (Å²) in [7, 11) is 0. The third-order valence-electron chi connectivity index (χ3n) is 6.98. The molecule has 1 aromatic heterocycles. The van der Waals surface area contributed by atoms with Gasteiger partial charge in [0.1, 0.15) is 0 Å². The molecule has 0 radical (unpaired) electrons. The first-order valence-corrected chi connectivity index (χ1v) is 12.0. The Labute approximate surface area is 204 Å². The minimum atomic E-state index is 1.21. The van der Waals surface area contributed by atoms with E-state index < -0.39 is 0 Å². The van der Waals surface area contributed by atoms with Crippen molar-refractivity contribution in [3.63, 3.8) is 0 Å². The molecule has 1 nitrogen and oxygen atoms in total. The van der Waals surface area contributed by atoms with Crippen LogP contribution in [0, 0.1) is 0 Å². The van der Waals surface area contributed by atoms with Crippen LogP contribution < -0.4 is 0 Å². The van der Waals surface area contributed by atoms with Crippen molar-refractivity contribution in [2.45, 2.75) is 0 Å². The zero-order valence-electron chi connectivity index (χ0n) is 19.2. The van der Waals surface area contributed by atoms with Crippen molar-refractivity contribution in [2.24, 2.45) is 0 Å². The Morgan fingerprint density at radius 2 is 0.943 bits per heavy atom. The van der Waals surface area contributed by atoms with Crippen molar-refractivity contribution >= 4 is 32.6 Å². The van der Waals surface area contributed by atoms with Crippen LogP contribution in [0.15, 0.2) is 140 Å². The summed E-state index contributed by atoms with van der Waals surface area (Å²) in [6, 6.07) is 50.3. The second-order valence-corrected chi connectivity index (χ2v) is 9.00. The fraction of sp³-hybridized carbons (Fsp3) is 0. The highest BCUT2D eigenvalue weighted by Crippen LogP contribution is 2.41. The number of rotatable bonds is 3. The van der Waals surface area contributed by atoms with Crippen LogP contribution in [-0.2, 0) is 0 Å². The lowest BCUT2D eigenvalue weighted by Crippen LogP contribution is -2.00. The fourth-order valence-electron chi connectivity index (χ4n) is 5.39. The predicted octanol–water partition coefficient (Wildman–Crippen LogP) is 9.27. The van der Waals surface area contributed by atoms with E-state index in [1.54, 1.807) is 0 Å². The van der Waals surface area contributed by atoms with Crippen LogP contribution in [0.5, 0.6) is 0 Å². The van der Waals surface area contributed by atoms with Crippen molar-refractivity contribution in [3.8, 4) is 27.9 Å². The summed E-state index contributed by atoms with van der Waals surface area (Å²) in [6.45, 7) is 0. The normalized spacial score (nSPS) is 11.4. The van der Waals surface area contributed by atoms with Gasteiger partial charge in [-0.1, -0.05) is 121 Å². The number of benzene rings is 6. The molecule has 0 aliphatic heterocycles. The van der Waals surface area contributed by atoms with E-state index in [0.717, 1.165) is 0 Å². The lowest BCUT2D eigenvalue weighted by Gasteiger charge is -2.19. The third kappa shape index (κ3) is 3.17. The molecule has 0 spiro atoms. The molecule has 0 amide bonds. The van der Waals surface area contributed by atoms with Gasteiger partial charge in [0.2, 0.25) is 0 Å². The molecule has 0 fully saturated rings. The highest BCUT2D eigenvalue weighted by molar-refractivity contribution is 6.10. The van der Waals surface area contributed by atoms with E-state index in [9.17, 15) is 0 Å². The molecule has 0 aliphatic carbocycles. The first kappa shape index (κ1) is 19.8. The monoisotopic (exact) mass is 445 g/mol. The average Bonchev–Trinajstić information content (AvgIpc) is 3.27. The van der Waals surface area contributed by atoms with Crippen molar-refractivity contribution in [1.82, 2.24) is 4.57 Å². The third-order valence-corrected chi connectivity index (χ3v) is 6.98. The van der Waals surface area contributed by atoms with Gasteiger partial charge in [0.05, 0.1) is 16.7 Å². The summed E-state index contributed by atoms with van der Waals surface area (Å²) >= 11 is 0. The Morgan fingerprint density at radius 1 is 0.371 bits per heavy atom. The zero-order chi connectivity index (χ0) is 23.2. The van der Waals surface area contributed by atoms with E-state index in [0.29, 0.717) is 0 Å². The Balaban J connectivity index is 1.64. The van der Waals surface area contributed by atoms with E-state index in [1.807, 2.05) is 0 Å². The van der Waals surface area contributed by atoms with Gasteiger partial charge in [-0.15, -0.1) is 0 Å². The molecule has 0 N–H and O–H groups in total. The van der Waals surface area contributed by atoms with Crippen LogP contribution in [0.25, 0.3) is 60.5 Å². The van der Waals surface area contributed by atoms with E-state index in [2.05, 4.69) is 144 Å². The Kier molecular flexibility index (Phi) is 4.53. The summed E-state index contributed by atoms with van der Waals surface area (Å²) in [5.74, 6) is 0. The van der Waals surface area contributed by atoms with Gasteiger partial charge in [0.15, 0.2) is 0 Å². The molecule has 0 unspecified atom stereocenters. The largest absolute Gasteiger partial charge is 0.308 e. The quantitative estimate of drug-likeness (QED) is 0.255. The van der Waals surface area contributed by atoms with Gasteiger partial charge in [-0.3, -0.25) is 0 Å². The van der Waals surface area contributed by atoms with Crippen molar-refractivity contribution < 1.29 is 0 Å². The van der Waals surface area contributed by atoms with Crippen molar-refractivity contribution in [2.75, 3.05) is 0 Å². The van der Waals surface area contributed by atoms with Gasteiger partial charge < -0.3 is 4.57 Å². The molecule has 1 heterocycles. The zero-order valence-corrected chi connectivity index (χ0v) is 19.2. The summed E-state index contributed by atoms with van der Waals surface area (Å²) < 4.78 is 2.46. The Bertz CT molecular complexity index is 1790. The first-order valence-electron chi connectivity index (χ1n) is 12.0. The second-order valence-electron chi connectivity index (χ2n) is 9.00. The number of fused-ring (bicyclic) bond motifs is 4. The van der Waals surface area contributed by atoms with Gasteiger partial charge >= 0.3 is 0 Å². The number of hydrogen-bond donors (Lipinski definition) is 0. The van der Waals surface area contributed by atoms with E-state index >= 15 is 0 Å².